The Kier molecular flexibility index (Phi) is 5.32. The summed E-state index contributed by atoms with van der Waals surface area (Å²) in [5.74, 6) is -0.0190. The molecule has 1 aliphatic rings. The van der Waals surface area contributed by atoms with Crippen molar-refractivity contribution in [1.82, 2.24) is 24.6 Å². The smallest absolute Gasteiger partial charge is 0.346 e. The SMILES string of the molecule is O=C(NCCn1nc(-c2cccnc2)n(C2CC2)c1=O)c1cc([N+](=O)[O-])ccc1Cl. The van der Waals surface area contributed by atoms with Crippen LogP contribution in [0.5, 0.6) is 0 Å². The van der Waals surface area contributed by atoms with Gasteiger partial charge in [-0.2, -0.15) is 0 Å². The lowest BCUT2D eigenvalue weighted by Gasteiger charge is -2.06. The van der Waals surface area contributed by atoms with E-state index >= 15 is 0 Å². The van der Waals surface area contributed by atoms with Crippen molar-refractivity contribution < 1.29 is 9.72 Å². The molecule has 2 aromatic heterocycles. The molecule has 1 aromatic carbocycles. The van der Waals surface area contributed by atoms with Crippen molar-refractivity contribution in [1.29, 1.82) is 0 Å². The summed E-state index contributed by atoms with van der Waals surface area (Å²) >= 11 is 5.99. The quantitative estimate of drug-likeness (QED) is 0.455. The number of hydrogen-bond acceptors (Lipinski definition) is 6. The van der Waals surface area contributed by atoms with Crippen LogP contribution in [0.4, 0.5) is 5.69 Å². The van der Waals surface area contributed by atoms with E-state index in [0.717, 1.165) is 24.5 Å². The van der Waals surface area contributed by atoms with E-state index in [4.69, 9.17) is 11.6 Å². The predicted molar refractivity (Wildman–Crippen MR) is 108 cm³/mol. The van der Waals surface area contributed by atoms with E-state index < -0.39 is 10.8 Å². The zero-order chi connectivity index (χ0) is 21.3. The minimum Gasteiger partial charge on any atom is -0.350 e. The maximum Gasteiger partial charge on any atom is 0.346 e. The number of aromatic nitrogens is 4. The van der Waals surface area contributed by atoms with Gasteiger partial charge in [-0.3, -0.25) is 24.5 Å². The van der Waals surface area contributed by atoms with Crippen molar-refractivity contribution in [2.24, 2.45) is 0 Å². The van der Waals surface area contributed by atoms with Gasteiger partial charge < -0.3 is 5.32 Å². The molecule has 0 radical (unpaired) electrons. The lowest BCUT2D eigenvalue weighted by atomic mass is 10.2. The summed E-state index contributed by atoms with van der Waals surface area (Å²) in [6, 6.07) is 7.38. The molecule has 0 bridgehead atoms. The van der Waals surface area contributed by atoms with Crippen LogP contribution in [-0.2, 0) is 6.54 Å². The molecule has 30 heavy (non-hydrogen) atoms. The Morgan fingerprint density at radius 3 is 2.80 bits per heavy atom. The first-order chi connectivity index (χ1) is 14.5. The Morgan fingerprint density at radius 1 is 1.33 bits per heavy atom. The number of amides is 1. The van der Waals surface area contributed by atoms with Crippen LogP contribution in [0.1, 0.15) is 29.2 Å². The van der Waals surface area contributed by atoms with E-state index in [0.29, 0.717) is 5.82 Å². The fourth-order valence-corrected chi connectivity index (χ4v) is 3.29. The number of benzene rings is 1. The van der Waals surface area contributed by atoms with Crippen molar-refractivity contribution in [3.63, 3.8) is 0 Å². The van der Waals surface area contributed by atoms with Crippen LogP contribution in [0.2, 0.25) is 5.02 Å². The zero-order valence-corrected chi connectivity index (χ0v) is 16.5. The zero-order valence-electron chi connectivity index (χ0n) is 15.7. The number of pyridine rings is 1. The minimum absolute atomic E-state index is 0.00206. The molecule has 1 fully saturated rings. The molecule has 0 atom stereocenters. The topological polar surface area (TPSA) is 125 Å². The molecule has 1 aliphatic carbocycles. The maximum absolute atomic E-state index is 12.8. The van der Waals surface area contributed by atoms with E-state index in [1.807, 2.05) is 6.07 Å². The number of hydrogen-bond donors (Lipinski definition) is 1. The normalized spacial score (nSPS) is 13.2. The first-order valence-corrected chi connectivity index (χ1v) is 9.65. The van der Waals surface area contributed by atoms with Crippen molar-refractivity contribution in [3.8, 4) is 11.4 Å². The molecule has 0 spiro atoms. The van der Waals surface area contributed by atoms with E-state index in [9.17, 15) is 19.7 Å². The fourth-order valence-electron chi connectivity index (χ4n) is 3.09. The van der Waals surface area contributed by atoms with Gasteiger partial charge in [0.25, 0.3) is 11.6 Å². The second-order valence-corrected chi connectivity index (χ2v) is 7.26. The summed E-state index contributed by atoms with van der Waals surface area (Å²) in [5, 5.41) is 18.1. The Labute approximate surface area is 175 Å². The number of nitro groups is 1. The van der Waals surface area contributed by atoms with Crippen LogP contribution in [0.15, 0.2) is 47.5 Å². The number of rotatable bonds is 7. The second-order valence-electron chi connectivity index (χ2n) is 6.85. The lowest BCUT2D eigenvalue weighted by molar-refractivity contribution is -0.384. The van der Waals surface area contributed by atoms with Crippen LogP contribution in [0, 0.1) is 10.1 Å². The van der Waals surface area contributed by atoms with Crippen molar-refractivity contribution in [2.75, 3.05) is 6.54 Å². The Bertz CT molecular complexity index is 1170. The number of nitrogens with zero attached hydrogens (tertiary/aromatic N) is 5. The highest BCUT2D eigenvalue weighted by Gasteiger charge is 2.30. The average Bonchev–Trinajstić information content (AvgIpc) is 3.52. The highest BCUT2D eigenvalue weighted by Crippen LogP contribution is 2.36. The van der Waals surface area contributed by atoms with E-state index in [-0.39, 0.29) is 41.1 Å². The van der Waals surface area contributed by atoms with E-state index in [2.05, 4.69) is 15.4 Å². The average molecular weight is 429 g/mol. The van der Waals surface area contributed by atoms with Gasteiger partial charge in [-0.25, -0.2) is 9.48 Å². The summed E-state index contributed by atoms with van der Waals surface area (Å²) in [6.07, 6.45) is 5.13. The lowest BCUT2D eigenvalue weighted by Crippen LogP contribution is -2.32. The van der Waals surface area contributed by atoms with Gasteiger partial charge in [-0.05, 0) is 31.0 Å². The van der Waals surface area contributed by atoms with Crippen LogP contribution < -0.4 is 11.0 Å². The highest BCUT2D eigenvalue weighted by atomic mass is 35.5. The van der Waals surface area contributed by atoms with Gasteiger partial charge in [0.1, 0.15) is 0 Å². The molecule has 4 rings (SSSR count). The van der Waals surface area contributed by atoms with Crippen LogP contribution in [0.3, 0.4) is 0 Å². The molecule has 1 saturated carbocycles. The molecule has 11 heteroatoms. The molecule has 1 amide bonds. The Hall–Kier alpha value is -3.53. The minimum atomic E-state index is -0.600. The third-order valence-electron chi connectivity index (χ3n) is 4.72. The number of non-ortho nitro benzene ring substituents is 1. The highest BCUT2D eigenvalue weighted by molar-refractivity contribution is 6.33. The Morgan fingerprint density at radius 2 is 2.13 bits per heavy atom. The van der Waals surface area contributed by atoms with Gasteiger partial charge in [0.05, 0.1) is 22.1 Å². The number of halogens is 1. The molecule has 0 saturated heterocycles. The standard InChI is InChI=1S/C19H17ClN6O4/c20-16-6-5-14(26(29)30)10-15(16)18(27)22-8-9-24-19(28)25(13-3-4-13)17(23-24)12-2-1-7-21-11-12/h1-2,5-7,10-11,13H,3-4,8-9H2,(H,22,27). The van der Waals surface area contributed by atoms with Crippen LogP contribution >= 0.6 is 11.6 Å². The third-order valence-corrected chi connectivity index (χ3v) is 5.05. The largest absolute Gasteiger partial charge is 0.350 e. The molecule has 3 aromatic rings. The number of carbonyl (C=O) groups is 1. The molecular formula is C19H17ClN6O4. The van der Waals surface area contributed by atoms with Gasteiger partial charge in [-0.15, -0.1) is 5.10 Å². The molecular weight excluding hydrogens is 412 g/mol. The summed E-state index contributed by atoms with van der Waals surface area (Å²) in [4.78, 5) is 39.6. The predicted octanol–water partition coefficient (Wildman–Crippen LogP) is 2.43. The van der Waals surface area contributed by atoms with Gasteiger partial charge >= 0.3 is 5.69 Å². The summed E-state index contributed by atoms with van der Waals surface area (Å²) in [7, 11) is 0. The summed E-state index contributed by atoms with van der Waals surface area (Å²) in [5.41, 5.74) is 0.259. The number of carbonyl (C=O) groups excluding carboxylic acids is 1. The number of nitrogens with one attached hydrogen (secondary N) is 1. The van der Waals surface area contributed by atoms with E-state index in [1.165, 1.54) is 16.8 Å². The van der Waals surface area contributed by atoms with Crippen molar-refractivity contribution >= 4 is 23.2 Å². The first-order valence-electron chi connectivity index (χ1n) is 9.27. The molecule has 10 nitrogen and oxygen atoms in total. The molecule has 0 unspecified atom stereocenters. The summed E-state index contributed by atoms with van der Waals surface area (Å²) < 4.78 is 2.96. The summed E-state index contributed by atoms with van der Waals surface area (Å²) in [6.45, 7) is 0.246. The first kappa shape index (κ1) is 19.8. The fraction of sp³-hybridized carbons (Fsp3) is 0.263. The van der Waals surface area contributed by atoms with Crippen molar-refractivity contribution in [2.45, 2.75) is 25.4 Å². The molecule has 154 valence electrons. The van der Waals surface area contributed by atoms with Gasteiger partial charge in [-0.1, -0.05) is 11.6 Å². The molecule has 0 aliphatic heterocycles. The van der Waals surface area contributed by atoms with Gasteiger partial charge in [0.2, 0.25) is 0 Å². The molecule has 1 N–H and O–H groups in total. The van der Waals surface area contributed by atoms with Gasteiger partial charge in [0, 0.05) is 42.7 Å². The number of nitro benzene ring substituents is 1. The van der Waals surface area contributed by atoms with Crippen LogP contribution in [0.25, 0.3) is 11.4 Å². The third kappa shape index (κ3) is 3.94. The van der Waals surface area contributed by atoms with Gasteiger partial charge in [0.15, 0.2) is 5.82 Å². The second kappa shape index (κ2) is 8.07. The Balaban J connectivity index is 1.50. The van der Waals surface area contributed by atoms with Crippen molar-refractivity contribution in [3.05, 3.63) is 73.9 Å². The maximum atomic E-state index is 12.8. The molecule has 2 heterocycles. The van der Waals surface area contributed by atoms with E-state index in [1.54, 1.807) is 23.0 Å². The monoisotopic (exact) mass is 428 g/mol. The van der Waals surface area contributed by atoms with Crippen LogP contribution in [-0.4, -0.2) is 36.7 Å².